The lowest BCUT2D eigenvalue weighted by Gasteiger charge is -2.31. The number of aromatic nitrogens is 3. The second kappa shape index (κ2) is 7.09. The summed E-state index contributed by atoms with van der Waals surface area (Å²) in [5, 5.41) is 9.58. The van der Waals surface area contributed by atoms with Crippen LogP contribution in [0, 0.1) is 19.8 Å². The lowest BCUT2D eigenvalue weighted by atomic mass is 9.93. The maximum atomic E-state index is 5.80. The second-order valence-electron chi connectivity index (χ2n) is 6.54. The third-order valence-corrected chi connectivity index (χ3v) is 5.60. The van der Waals surface area contributed by atoms with Crippen LogP contribution in [-0.2, 0) is 20.0 Å². The molecule has 0 bridgehead atoms. The van der Waals surface area contributed by atoms with E-state index in [-0.39, 0.29) is 0 Å². The van der Waals surface area contributed by atoms with Gasteiger partial charge in [0.2, 0.25) is 0 Å². The van der Waals surface area contributed by atoms with E-state index in [1.54, 1.807) is 11.8 Å². The Kier molecular flexibility index (Phi) is 5.11. The second-order valence-corrected chi connectivity index (χ2v) is 7.31. The minimum atomic E-state index is 0.712. The van der Waals surface area contributed by atoms with Gasteiger partial charge in [0.05, 0.1) is 6.54 Å². The van der Waals surface area contributed by atoms with Crippen molar-refractivity contribution in [1.82, 2.24) is 19.7 Å². The molecule has 0 N–H and O–H groups in total. The van der Waals surface area contributed by atoms with Crippen molar-refractivity contribution >= 4 is 11.8 Å². The van der Waals surface area contributed by atoms with Gasteiger partial charge in [-0.3, -0.25) is 4.90 Å². The highest BCUT2D eigenvalue weighted by molar-refractivity contribution is 7.98. The molecule has 1 aliphatic rings. The highest BCUT2D eigenvalue weighted by atomic mass is 32.2. The van der Waals surface area contributed by atoms with E-state index in [1.165, 1.54) is 18.4 Å². The molecule has 0 spiro atoms. The predicted octanol–water partition coefficient (Wildman–Crippen LogP) is 3.20. The van der Waals surface area contributed by atoms with Crippen LogP contribution in [0.5, 0.6) is 0 Å². The molecule has 1 fully saturated rings. The summed E-state index contributed by atoms with van der Waals surface area (Å²) in [6, 6.07) is 2.17. The zero-order chi connectivity index (χ0) is 16.4. The minimum Gasteiger partial charge on any atom is -0.465 e. The lowest BCUT2D eigenvalue weighted by Crippen LogP contribution is -2.34. The molecule has 6 heteroatoms. The molecule has 126 valence electrons. The molecule has 2 aromatic heterocycles. The monoisotopic (exact) mass is 334 g/mol. The standard InChI is InChI=1S/C17H26N4OS/c1-12-9-15(22-13(12)2)11-21-7-5-14(6-8-21)10-16-18-19-17(23-4)20(16)3/h9,14H,5-8,10-11H2,1-4H3. The quantitative estimate of drug-likeness (QED) is 0.786. The summed E-state index contributed by atoms with van der Waals surface area (Å²) >= 11 is 1.65. The van der Waals surface area contributed by atoms with Crippen LogP contribution in [0.1, 0.15) is 35.7 Å². The summed E-state index contributed by atoms with van der Waals surface area (Å²) in [7, 11) is 2.07. The van der Waals surface area contributed by atoms with Gasteiger partial charge in [0.25, 0.3) is 0 Å². The van der Waals surface area contributed by atoms with E-state index >= 15 is 0 Å². The van der Waals surface area contributed by atoms with Crippen LogP contribution in [0.25, 0.3) is 0 Å². The van der Waals surface area contributed by atoms with Gasteiger partial charge in [0.1, 0.15) is 17.3 Å². The van der Waals surface area contributed by atoms with Gasteiger partial charge in [-0.25, -0.2) is 0 Å². The Hall–Kier alpha value is -1.27. The number of nitrogens with zero attached hydrogens (tertiary/aromatic N) is 4. The van der Waals surface area contributed by atoms with Gasteiger partial charge in [-0.05, 0) is 63.6 Å². The van der Waals surface area contributed by atoms with E-state index in [4.69, 9.17) is 4.42 Å². The molecule has 0 unspecified atom stereocenters. The summed E-state index contributed by atoms with van der Waals surface area (Å²) in [5.74, 6) is 3.96. The number of rotatable bonds is 5. The molecule has 1 saturated heterocycles. The molecule has 0 atom stereocenters. The fourth-order valence-electron chi connectivity index (χ4n) is 3.26. The first-order valence-corrected chi connectivity index (χ1v) is 9.49. The normalized spacial score (nSPS) is 17.0. The molecule has 3 heterocycles. The first kappa shape index (κ1) is 16.6. The van der Waals surface area contributed by atoms with Gasteiger partial charge in [0, 0.05) is 13.5 Å². The predicted molar refractivity (Wildman–Crippen MR) is 92.7 cm³/mol. The van der Waals surface area contributed by atoms with Crippen LogP contribution < -0.4 is 0 Å². The Balaban J connectivity index is 1.51. The maximum absolute atomic E-state index is 5.80. The largest absolute Gasteiger partial charge is 0.465 e. The van der Waals surface area contributed by atoms with Crippen molar-refractivity contribution in [2.24, 2.45) is 13.0 Å². The fraction of sp³-hybridized carbons (Fsp3) is 0.647. The van der Waals surface area contributed by atoms with Crippen LogP contribution in [0.2, 0.25) is 0 Å². The summed E-state index contributed by atoms with van der Waals surface area (Å²) in [4.78, 5) is 2.50. The van der Waals surface area contributed by atoms with E-state index < -0.39 is 0 Å². The van der Waals surface area contributed by atoms with Crippen molar-refractivity contribution in [2.75, 3.05) is 19.3 Å². The molecule has 23 heavy (non-hydrogen) atoms. The van der Waals surface area contributed by atoms with Gasteiger partial charge in [-0.1, -0.05) is 11.8 Å². The third-order valence-electron chi connectivity index (χ3n) is 4.88. The van der Waals surface area contributed by atoms with E-state index in [2.05, 4.69) is 39.7 Å². The van der Waals surface area contributed by atoms with Crippen molar-refractivity contribution < 1.29 is 4.42 Å². The number of furan rings is 1. The van der Waals surface area contributed by atoms with Crippen LogP contribution in [-0.4, -0.2) is 39.0 Å². The van der Waals surface area contributed by atoms with E-state index in [1.807, 2.05) is 13.2 Å². The summed E-state index contributed by atoms with van der Waals surface area (Å²) in [6.07, 6.45) is 5.53. The molecule has 0 aliphatic carbocycles. The SMILES string of the molecule is CSc1nnc(CC2CCN(Cc3cc(C)c(C)o3)CC2)n1C. The molecule has 0 saturated carbocycles. The van der Waals surface area contributed by atoms with Crippen molar-refractivity contribution in [3.63, 3.8) is 0 Å². The maximum Gasteiger partial charge on any atom is 0.190 e. The third kappa shape index (κ3) is 3.80. The Morgan fingerprint density at radius 2 is 2.00 bits per heavy atom. The highest BCUT2D eigenvalue weighted by Crippen LogP contribution is 2.24. The van der Waals surface area contributed by atoms with E-state index in [0.717, 1.165) is 48.6 Å². The number of aryl methyl sites for hydroxylation is 2. The van der Waals surface area contributed by atoms with Crippen molar-refractivity contribution in [3.8, 4) is 0 Å². The van der Waals surface area contributed by atoms with Crippen LogP contribution in [0.15, 0.2) is 15.6 Å². The van der Waals surface area contributed by atoms with Gasteiger partial charge in [0.15, 0.2) is 5.16 Å². The number of likely N-dealkylation sites (tertiary alicyclic amines) is 1. The average molecular weight is 334 g/mol. The number of thioether (sulfide) groups is 1. The molecule has 2 aromatic rings. The van der Waals surface area contributed by atoms with Crippen molar-refractivity contribution in [2.45, 2.75) is 44.8 Å². The van der Waals surface area contributed by atoms with Crippen LogP contribution in [0.3, 0.4) is 0 Å². The Morgan fingerprint density at radius 1 is 1.26 bits per heavy atom. The molecular weight excluding hydrogens is 308 g/mol. The zero-order valence-electron chi connectivity index (χ0n) is 14.5. The Bertz CT molecular complexity index is 636. The molecule has 1 aliphatic heterocycles. The van der Waals surface area contributed by atoms with Gasteiger partial charge >= 0.3 is 0 Å². The molecular formula is C17H26N4OS. The summed E-state index contributed by atoms with van der Waals surface area (Å²) < 4.78 is 7.94. The van der Waals surface area contributed by atoms with Crippen molar-refractivity contribution in [1.29, 1.82) is 0 Å². The van der Waals surface area contributed by atoms with Crippen molar-refractivity contribution in [3.05, 3.63) is 29.0 Å². The molecule has 0 aromatic carbocycles. The summed E-state index contributed by atoms with van der Waals surface area (Å²) in [5.41, 5.74) is 1.25. The van der Waals surface area contributed by atoms with Gasteiger partial charge in [-0.15, -0.1) is 10.2 Å². The highest BCUT2D eigenvalue weighted by Gasteiger charge is 2.22. The molecule has 0 amide bonds. The minimum absolute atomic E-state index is 0.712. The number of hydrogen-bond acceptors (Lipinski definition) is 5. The summed E-state index contributed by atoms with van der Waals surface area (Å²) in [6.45, 7) is 7.35. The van der Waals surface area contributed by atoms with E-state index in [9.17, 15) is 0 Å². The lowest BCUT2D eigenvalue weighted by molar-refractivity contribution is 0.164. The van der Waals surface area contributed by atoms with Gasteiger partial charge in [-0.2, -0.15) is 0 Å². The average Bonchev–Trinajstić information content (AvgIpc) is 3.04. The Labute approximate surface area is 142 Å². The topological polar surface area (TPSA) is 47.1 Å². The first-order valence-electron chi connectivity index (χ1n) is 8.27. The van der Waals surface area contributed by atoms with Crippen LogP contribution >= 0.6 is 11.8 Å². The van der Waals surface area contributed by atoms with Gasteiger partial charge < -0.3 is 8.98 Å². The first-order chi connectivity index (χ1) is 11.1. The molecule has 5 nitrogen and oxygen atoms in total. The van der Waals surface area contributed by atoms with Crippen LogP contribution in [0.4, 0.5) is 0 Å². The molecule has 3 rings (SSSR count). The fourth-order valence-corrected chi connectivity index (χ4v) is 3.76. The zero-order valence-corrected chi connectivity index (χ0v) is 15.3. The molecule has 0 radical (unpaired) electrons. The Morgan fingerprint density at radius 3 is 2.57 bits per heavy atom. The number of piperidine rings is 1. The number of hydrogen-bond donors (Lipinski definition) is 0. The smallest absolute Gasteiger partial charge is 0.190 e. The van der Waals surface area contributed by atoms with E-state index in [0.29, 0.717) is 5.92 Å².